The smallest absolute Gasteiger partial charge is 0.163 e. The van der Waals surface area contributed by atoms with Gasteiger partial charge in [0.2, 0.25) is 0 Å². The minimum Gasteiger partial charge on any atom is -0.507 e. The summed E-state index contributed by atoms with van der Waals surface area (Å²) in [6.07, 6.45) is 0.657. The number of carbonyl (C=O) groups is 1. The Hall–Kier alpha value is -2.09. The maximum Gasteiger partial charge on any atom is 0.163 e. The van der Waals surface area contributed by atoms with Crippen molar-refractivity contribution in [1.82, 2.24) is 0 Å². The zero-order chi connectivity index (χ0) is 12.3. The van der Waals surface area contributed by atoms with Gasteiger partial charge in [0.05, 0.1) is 5.56 Å². The molecule has 0 bridgehead atoms. The van der Waals surface area contributed by atoms with Crippen LogP contribution in [0.15, 0.2) is 48.5 Å². The highest BCUT2D eigenvalue weighted by Crippen LogP contribution is 2.23. The molecule has 0 aromatic heterocycles. The summed E-state index contributed by atoms with van der Waals surface area (Å²) in [5.41, 5.74) is 2.42. The molecule has 86 valence electrons. The molecule has 2 rings (SSSR count). The molecule has 0 atom stereocenters. The Kier molecular flexibility index (Phi) is 3.24. The van der Waals surface area contributed by atoms with Crippen LogP contribution in [0.1, 0.15) is 28.4 Å². The van der Waals surface area contributed by atoms with Crippen molar-refractivity contribution in [3.05, 3.63) is 65.2 Å². The first kappa shape index (κ1) is 11.4. The highest BCUT2D eigenvalue weighted by molar-refractivity contribution is 5.98. The highest BCUT2D eigenvalue weighted by atomic mass is 16.3. The number of hydrogen-bond donors (Lipinski definition) is 1. The molecule has 0 heterocycles. The number of benzene rings is 2. The van der Waals surface area contributed by atoms with Crippen LogP contribution in [0, 0.1) is 0 Å². The Morgan fingerprint density at radius 3 is 2.41 bits per heavy atom. The van der Waals surface area contributed by atoms with E-state index in [1.165, 1.54) is 6.92 Å². The molecule has 0 amide bonds. The van der Waals surface area contributed by atoms with E-state index in [4.69, 9.17) is 0 Å². The van der Waals surface area contributed by atoms with Gasteiger partial charge in [-0.2, -0.15) is 0 Å². The molecular weight excluding hydrogens is 212 g/mol. The molecule has 2 heteroatoms. The topological polar surface area (TPSA) is 37.3 Å². The lowest BCUT2D eigenvalue weighted by atomic mass is 9.97. The van der Waals surface area contributed by atoms with Gasteiger partial charge in [-0.15, -0.1) is 0 Å². The summed E-state index contributed by atoms with van der Waals surface area (Å²) in [7, 11) is 0. The minimum absolute atomic E-state index is 0.0610. The normalized spacial score (nSPS) is 10.2. The molecule has 0 fully saturated rings. The van der Waals surface area contributed by atoms with Gasteiger partial charge in [-0.05, 0) is 30.5 Å². The standard InChI is InChI=1S/C15H14O2/c1-11(16)15-13(8-5-9-14(15)17)10-12-6-3-2-4-7-12/h2-9,17H,10H2,1H3. The Labute approximate surface area is 101 Å². The van der Waals surface area contributed by atoms with Crippen molar-refractivity contribution in [1.29, 1.82) is 0 Å². The number of rotatable bonds is 3. The second-order valence-corrected chi connectivity index (χ2v) is 4.03. The zero-order valence-electron chi connectivity index (χ0n) is 9.68. The molecule has 0 aliphatic heterocycles. The number of phenolic OH excluding ortho intramolecular Hbond substituents is 1. The van der Waals surface area contributed by atoms with E-state index >= 15 is 0 Å². The molecular formula is C15H14O2. The van der Waals surface area contributed by atoms with Gasteiger partial charge >= 0.3 is 0 Å². The van der Waals surface area contributed by atoms with Gasteiger partial charge in [-0.1, -0.05) is 42.5 Å². The molecule has 2 nitrogen and oxygen atoms in total. The SMILES string of the molecule is CC(=O)c1c(O)cccc1Cc1ccccc1. The van der Waals surface area contributed by atoms with Crippen LogP contribution in [0.5, 0.6) is 5.75 Å². The molecule has 1 N–H and O–H groups in total. The molecule has 0 radical (unpaired) electrons. The molecule has 2 aromatic rings. The third-order valence-corrected chi connectivity index (χ3v) is 2.72. The summed E-state index contributed by atoms with van der Waals surface area (Å²) < 4.78 is 0. The Balaban J connectivity index is 2.40. The Bertz CT molecular complexity index is 530. The third kappa shape index (κ3) is 2.53. The van der Waals surface area contributed by atoms with Crippen LogP contribution in [0.4, 0.5) is 0 Å². The van der Waals surface area contributed by atoms with Gasteiger partial charge in [-0.25, -0.2) is 0 Å². The number of ketones is 1. The average Bonchev–Trinajstić information content (AvgIpc) is 2.30. The van der Waals surface area contributed by atoms with Gasteiger partial charge in [-0.3, -0.25) is 4.79 Å². The molecule has 0 saturated carbocycles. The fourth-order valence-electron chi connectivity index (χ4n) is 1.96. The number of aromatic hydroxyl groups is 1. The van der Waals surface area contributed by atoms with Gasteiger partial charge in [0, 0.05) is 0 Å². The van der Waals surface area contributed by atoms with E-state index in [9.17, 15) is 9.90 Å². The largest absolute Gasteiger partial charge is 0.507 e. The van der Waals surface area contributed by atoms with Crippen LogP contribution in [-0.2, 0) is 6.42 Å². The fourth-order valence-corrected chi connectivity index (χ4v) is 1.96. The molecule has 0 aliphatic carbocycles. The van der Waals surface area contributed by atoms with Crippen LogP contribution >= 0.6 is 0 Å². The summed E-state index contributed by atoms with van der Waals surface area (Å²) in [6, 6.07) is 15.1. The van der Waals surface area contributed by atoms with Crippen molar-refractivity contribution in [2.45, 2.75) is 13.3 Å². The Morgan fingerprint density at radius 2 is 1.76 bits per heavy atom. The second-order valence-electron chi connectivity index (χ2n) is 4.03. The summed E-state index contributed by atoms with van der Waals surface area (Å²) >= 11 is 0. The first-order valence-electron chi connectivity index (χ1n) is 5.54. The van der Waals surface area contributed by atoms with E-state index in [1.54, 1.807) is 12.1 Å². The van der Waals surface area contributed by atoms with Crippen molar-refractivity contribution in [3.8, 4) is 5.75 Å². The zero-order valence-corrected chi connectivity index (χ0v) is 9.68. The van der Waals surface area contributed by atoms with Crippen molar-refractivity contribution in [2.75, 3.05) is 0 Å². The molecule has 0 unspecified atom stereocenters. The molecule has 0 spiro atoms. The fraction of sp³-hybridized carbons (Fsp3) is 0.133. The van der Waals surface area contributed by atoms with Crippen molar-refractivity contribution < 1.29 is 9.90 Å². The number of hydrogen-bond acceptors (Lipinski definition) is 2. The van der Waals surface area contributed by atoms with Crippen LogP contribution in [0.3, 0.4) is 0 Å². The van der Waals surface area contributed by atoms with E-state index in [0.29, 0.717) is 12.0 Å². The van der Waals surface area contributed by atoms with Crippen LogP contribution in [0.2, 0.25) is 0 Å². The lowest BCUT2D eigenvalue weighted by Gasteiger charge is -2.08. The van der Waals surface area contributed by atoms with E-state index in [2.05, 4.69) is 0 Å². The Morgan fingerprint density at radius 1 is 1.06 bits per heavy atom. The molecule has 2 aromatic carbocycles. The van der Waals surface area contributed by atoms with Crippen LogP contribution in [0.25, 0.3) is 0 Å². The quantitative estimate of drug-likeness (QED) is 0.816. The maximum absolute atomic E-state index is 11.5. The van der Waals surface area contributed by atoms with E-state index < -0.39 is 0 Å². The average molecular weight is 226 g/mol. The number of Topliss-reactive ketones (excluding diaryl/α,β-unsaturated/α-hetero) is 1. The molecule has 0 aliphatic rings. The first-order chi connectivity index (χ1) is 8.18. The van der Waals surface area contributed by atoms with Crippen LogP contribution < -0.4 is 0 Å². The van der Waals surface area contributed by atoms with Gasteiger partial charge < -0.3 is 5.11 Å². The van der Waals surface area contributed by atoms with E-state index in [-0.39, 0.29) is 11.5 Å². The van der Waals surface area contributed by atoms with Crippen molar-refractivity contribution in [2.24, 2.45) is 0 Å². The van der Waals surface area contributed by atoms with Crippen LogP contribution in [-0.4, -0.2) is 10.9 Å². The maximum atomic E-state index is 11.5. The monoisotopic (exact) mass is 226 g/mol. The van der Waals surface area contributed by atoms with E-state index in [0.717, 1.165) is 11.1 Å². The lowest BCUT2D eigenvalue weighted by Crippen LogP contribution is -2.01. The summed E-state index contributed by atoms with van der Waals surface area (Å²) in [4.78, 5) is 11.5. The predicted octanol–water partition coefficient (Wildman–Crippen LogP) is 3.19. The van der Waals surface area contributed by atoms with Gasteiger partial charge in [0.15, 0.2) is 5.78 Å². The van der Waals surface area contributed by atoms with Crippen molar-refractivity contribution in [3.63, 3.8) is 0 Å². The predicted molar refractivity (Wildman–Crippen MR) is 67.4 cm³/mol. The lowest BCUT2D eigenvalue weighted by molar-refractivity contribution is 0.101. The van der Waals surface area contributed by atoms with E-state index in [1.807, 2.05) is 36.4 Å². The highest BCUT2D eigenvalue weighted by Gasteiger charge is 2.12. The molecule has 17 heavy (non-hydrogen) atoms. The first-order valence-corrected chi connectivity index (χ1v) is 5.54. The summed E-state index contributed by atoms with van der Waals surface area (Å²) in [5.74, 6) is -0.0417. The number of carbonyl (C=O) groups excluding carboxylic acids is 1. The summed E-state index contributed by atoms with van der Waals surface area (Å²) in [6.45, 7) is 1.48. The minimum atomic E-state index is -0.103. The van der Waals surface area contributed by atoms with Gasteiger partial charge in [0.1, 0.15) is 5.75 Å². The summed E-state index contributed by atoms with van der Waals surface area (Å²) in [5, 5.41) is 9.72. The third-order valence-electron chi connectivity index (χ3n) is 2.72. The second kappa shape index (κ2) is 4.83. The molecule has 0 saturated heterocycles. The number of phenols is 1. The van der Waals surface area contributed by atoms with Gasteiger partial charge in [0.25, 0.3) is 0 Å². The van der Waals surface area contributed by atoms with Crippen molar-refractivity contribution >= 4 is 5.78 Å².